The second kappa shape index (κ2) is 9.92. The SMILES string of the molecule is C[C@@H](CC(=O)Nc1cc(F)c(F)cc1C(=O)O)NC(=O)OCC1c2ccccc2-c2ccccc21. The first kappa shape index (κ1) is 23.9. The van der Waals surface area contributed by atoms with Gasteiger partial charge in [-0.25, -0.2) is 18.4 Å². The Morgan fingerprint density at radius 3 is 2.14 bits per heavy atom. The average Bonchev–Trinajstić information content (AvgIpc) is 3.13. The minimum atomic E-state index is -1.52. The predicted octanol–water partition coefficient (Wildman–Crippen LogP) is 4.92. The van der Waals surface area contributed by atoms with Gasteiger partial charge in [-0.3, -0.25) is 4.79 Å². The van der Waals surface area contributed by atoms with E-state index in [0.717, 1.165) is 22.3 Å². The third-order valence-electron chi connectivity index (χ3n) is 5.76. The molecule has 1 atom stereocenters. The van der Waals surface area contributed by atoms with Gasteiger partial charge in [-0.05, 0) is 35.2 Å². The van der Waals surface area contributed by atoms with Crippen molar-refractivity contribution in [3.8, 4) is 11.1 Å². The molecule has 180 valence electrons. The summed E-state index contributed by atoms with van der Waals surface area (Å²) >= 11 is 0. The van der Waals surface area contributed by atoms with Gasteiger partial charge in [-0.1, -0.05) is 48.5 Å². The van der Waals surface area contributed by atoms with Gasteiger partial charge in [0.1, 0.15) is 6.61 Å². The highest BCUT2D eigenvalue weighted by atomic mass is 19.2. The molecule has 0 saturated heterocycles. The van der Waals surface area contributed by atoms with Crippen molar-refractivity contribution in [3.05, 3.63) is 89.0 Å². The van der Waals surface area contributed by atoms with E-state index < -0.39 is 41.2 Å². The summed E-state index contributed by atoms with van der Waals surface area (Å²) in [6.07, 6.45) is -0.964. The maximum absolute atomic E-state index is 13.5. The number of carboxylic acid groups (broad SMARTS) is 1. The number of carbonyl (C=O) groups is 3. The summed E-state index contributed by atoms with van der Waals surface area (Å²) in [5.74, 6) is -4.97. The third kappa shape index (κ3) is 5.13. The molecule has 3 aromatic rings. The number of hydrogen-bond donors (Lipinski definition) is 3. The van der Waals surface area contributed by atoms with Gasteiger partial charge in [-0.15, -0.1) is 0 Å². The Bertz CT molecular complexity index is 1270. The topological polar surface area (TPSA) is 105 Å². The Morgan fingerprint density at radius 2 is 1.54 bits per heavy atom. The number of aromatic carboxylic acids is 1. The highest BCUT2D eigenvalue weighted by Gasteiger charge is 2.29. The number of benzene rings is 3. The molecule has 0 aliphatic heterocycles. The molecule has 9 heteroatoms. The summed E-state index contributed by atoms with van der Waals surface area (Å²) in [6, 6.07) is 16.2. The number of nitrogens with one attached hydrogen (secondary N) is 2. The quantitative estimate of drug-likeness (QED) is 0.445. The minimum Gasteiger partial charge on any atom is -0.478 e. The van der Waals surface area contributed by atoms with E-state index in [4.69, 9.17) is 9.84 Å². The summed E-state index contributed by atoms with van der Waals surface area (Å²) in [6.45, 7) is 1.67. The number of ether oxygens (including phenoxy) is 1. The van der Waals surface area contributed by atoms with E-state index in [2.05, 4.69) is 10.6 Å². The highest BCUT2D eigenvalue weighted by molar-refractivity contribution is 6.00. The summed E-state index contributed by atoms with van der Waals surface area (Å²) in [7, 11) is 0. The van der Waals surface area contributed by atoms with Crippen LogP contribution in [0.4, 0.5) is 19.3 Å². The lowest BCUT2D eigenvalue weighted by atomic mass is 9.98. The second-order valence-electron chi connectivity index (χ2n) is 8.24. The predicted molar refractivity (Wildman–Crippen MR) is 124 cm³/mol. The zero-order valence-electron chi connectivity index (χ0n) is 18.7. The molecule has 2 amide bonds. The lowest BCUT2D eigenvalue weighted by Gasteiger charge is -2.17. The molecular formula is C26H22F2N2O5. The van der Waals surface area contributed by atoms with E-state index in [1.807, 2.05) is 48.5 Å². The van der Waals surface area contributed by atoms with Gasteiger partial charge in [0.05, 0.1) is 11.3 Å². The summed E-state index contributed by atoms with van der Waals surface area (Å²) in [5, 5.41) is 14.0. The minimum absolute atomic E-state index is 0.107. The van der Waals surface area contributed by atoms with Gasteiger partial charge in [0.15, 0.2) is 11.6 Å². The van der Waals surface area contributed by atoms with Crippen molar-refractivity contribution < 1.29 is 33.0 Å². The van der Waals surface area contributed by atoms with Crippen molar-refractivity contribution in [1.29, 1.82) is 0 Å². The monoisotopic (exact) mass is 480 g/mol. The molecule has 4 rings (SSSR count). The smallest absolute Gasteiger partial charge is 0.407 e. The Kier molecular flexibility index (Phi) is 6.77. The van der Waals surface area contributed by atoms with Crippen molar-refractivity contribution >= 4 is 23.7 Å². The number of halogens is 2. The lowest BCUT2D eigenvalue weighted by molar-refractivity contribution is -0.116. The highest BCUT2D eigenvalue weighted by Crippen LogP contribution is 2.44. The van der Waals surface area contributed by atoms with Crippen LogP contribution in [0.15, 0.2) is 60.7 Å². The van der Waals surface area contributed by atoms with E-state index >= 15 is 0 Å². The number of fused-ring (bicyclic) bond motifs is 3. The molecule has 0 fully saturated rings. The lowest BCUT2D eigenvalue weighted by Crippen LogP contribution is -2.36. The number of alkyl carbamates (subject to hydrolysis) is 1. The molecule has 1 aliphatic rings. The van der Waals surface area contributed by atoms with Crippen LogP contribution >= 0.6 is 0 Å². The van der Waals surface area contributed by atoms with Crippen molar-refractivity contribution in [1.82, 2.24) is 5.32 Å². The van der Waals surface area contributed by atoms with E-state index in [1.54, 1.807) is 6.92 Å². The van der Waals surface area contributed by atoms with E-state index in [1.165, 1.54) is 0 Å². The van der Waals surface area contributed by atoms with Gasteiger partial charge in [-0.2, -0.15) is 0 Å². The van der Waals surface area contributed by atoms with Crippen LogP contribution in [-0.2, 0) is 9.53 Å². The van der Waals surface area contributed by atoms with Crippen LogP contribution in [0.2, 0.25) is 0 Å². The Balaban J connectivity index is 1.33. The second-order valence-corrected chi connectivity index (χ2v) is 8.24. The number of carbonyl (C=O) groups excluding carboxylic acids is 2. The van der Waals surface area contributed by atoms with E-state index in [-0.39, 0.29) is 24.6 Å². The van der Waals surface area contributed by atoms with Crippen LogP contribution in [0.5, 0.6) is 0 Å². The van der Waals surface area contributed by atoms with Gasteiger partial charge in [0, 0.05) is 24.4 Å². The average molecular weight is 480 g/mol. The molecule has 0 saturated carbocycles. The fourth-order valence-corrected chi connectivity index (χ4v) is 4.20. The standard InChI is InChI=1S/C26H22F2N2O5/c1-14(10-24(31)30-23-12-22(28)21(27)11-19(23)25(32)33)29-26(34)35-13-20-17-8-4-2-6-15(17)16-7-3-5-9-18(16)20/h2-9,11-12,14,20H,10,13H2,1H3,(H,29,34)(H,30,31)(H,32,33)/t14-/m0/s1. The van der Waals surface area contributed by atoms with Crippen molar-refractivity contribution in [2.45, 2.75) is 25.3 Å². The van der Waals surface area contributed by atoms with Crippen LogP contribution in [-0.4, -0.2) is 35.7 Å². The van der Waals surface area contributed by atoms with E-state index in [9.17, 15) is 23.2 Å². The largest absolute Gasteiger partial charge is 0.478 e. The summed E-state index contributed by atoms with van der Waals surface area (Å²) < 4.78 is 32.3. The first-order chi connectivity index (χ1) is 16.7. The number of carboxylic acids is 1. The molecular weight excluding hydrogens is 458 g/mol. The Hall–Kier alpha value is -4.27. The van der Waals surface area contributed by atoms with E-state index in [0.29, 0.717) is 12.1 Å². The van der Waals surface area contributed by atoms with Crippen molar-refractivity contribution in [2.24, 2.45) is 0 Å². The zero-order chi connectivity index (χ0) is 25.1. The summed E-state index contributed by atoms with van der Waals surface area (Å²) in [5.41, 5.74) is 3.36. The number of rotatable bonds is 7. The van der Waals surface area contributed by atoms with Crippen molar-refractivity contribution in [2.75, 3.05) is 11.9 Å². The van der Waals surface area contributed by atoms with Crippen LogP contribution in [0.25, 0.3) is 11.1 Å². The maximum Gasteiger partial charge on any atom is 0.407 e. The third-order valence-corrected chi connectivity index (χ3v) is 5.76. The number of hydrogen-bond acceptors (Lipinski definition) is 4. The molecule has 1 aliphatic carbocycles. The first-order valence-electron chi connectivity index (χ1n) is 10.9. The van der Waals surface area contributed by atoms with Crippen molar-refractivity contribution in [3.63, 3.8) is 0 Å². The molecule has 3 N–H and O–H groups in total. The van der Waals surface area contributed by atoms with Crippen LogP contribution in [0.3, 0.4) is 0 Å². The fraction of sp³-hybridized carbons (Fsp3) is 0.192. The molecule has 7 nitrogen and oxygen atoms in total. The molecule has 0 aromatic heterocycles. The summed E-state index contributed by atoms with van der Waals surface area (Å²) in [4.78, 5) is 35.9. The molecule has 0 unspecified atom stereocenters. The van der Waals surface area contributed by atoms with Gasteiger partial charge >= 0.3 is 12.1 Å². The van der Waals surface area contributed by atoms with Crippen LogP contribution in [0.1, 0.15) is 40.7 Å². The molecule has 3 aromatic carbocycles. The molecule has 0 radical (unpaired) electrons. The zero-order valence-corrected chi connectivity index (χ0v) is 18.7. The van der Waals surface area contributed by atoms with Gasteiger partial charge in [0.2, 0.25) is 5.91 Å². The molecule has 0 bridgehead atoms. The fourth-order valence-electron chi connectivity index (χ4n) is 4.20. The first-order valence-corrected chi connectivity index (χ1v) is 10.9. The van der Waals surface area contributed by atoms with Gasteiger partial charge in [0.25, 0.3) is 0 Å². The normalized spacial score (nSPS) is 12.9. The Labute approximate surface area is 199 Å². The van der Waals surface area contributed by atoms with Crippen LogP contribution in [0, 0.1) is 11.6 Å². The number of amides is 2. The van der Waals surface area contributed by atoms with Crippen LogP contribution < -0.4 is 10.6 Å². The molecule has 0 spiro atoms. The Morgan fingerprint density at radius 1 is 0.971 bits per heavy atom. The molecule has 35 heavy (non-hydrogen) atoms. The van der Waals surface area contributed by atoms with Gasteiger partial charge < -0.3 is 20.5 Å². The number of anilines is 1. The maximum atomic E-state index is 13.5. The molecule has 0 heterocycles.